The highest BCUT2D eigenvalue weighted by Gasteiger charge is 2.16. The van der Waals surface area contributed by atoms with E-state index in [4.69, 9.17) is 9.47 Å². The van der Waals surface area contributed by atoms with Gasteiger partial charge in [0.15, 0.2) is 6.10 Å². The maximum atomic E-state index is 12.2. The van der Waals surface area contributed by atoms with Gasteiger partial charge in [-0.05, 0) is 70.6 Å². The number of aliphatic hydroxyl groups excluding tert-OH is 1. The Kier molecular flexibility index (Phi) is 37.5. The molecule has 0 aromatic heterocycles. The lowest BCUT2D eigenvalue weighted by atomic mass is 10.1. The van der Waals surface area contributed by atoms with Crippen molar-refractivity contribution in [3.63, 3.8) is 0 Å². The molecule has 0 aliphatic rings. The van der Waals surface area contributed by atoms with Gasteiger partial charge in [0.2, 0.25) is 0 Å². The molecule has 1 atom stereocenters. The van der Waals surface area contributed by atoms with Gasteiger partial charge < -0.3 is 14.6 Å². The van der Waals surface area contributed by atoms with Gasteiger partial charge in [0.1, 0.15) is 6.61 Å². The Balaban J connectivity index is 3.57. The Morgan fingerprint density at radius 2 is 0.896 bits per heavy atom. The van der Waals surface area contributed by atoms with E-state index in [1.807, 2.05) is 0 Å². The first-order valence-corrected chi connectivity index (χ1v) is 20.2. The molecule has 0 aromatic rings. The lowest BCUT2D eigenvalue weighted by Crippen LogP contribution is -2.28. The van der Waals surface area contributed by atoms with E-state index < -0.39 is 6.10 Å². The molecular weight excluding hydrogens is 596 g/mol. The van der Waals surface area contributed by atoms with E-state index in [-0.39, 0.29) is 25.2 Å². The number of hydrogen-bond donors (Lipinski definition) is 1. The van der Waals surface area contributed by atoms with Crippen molar-refractivity contribution in [3.05, 3.63) is 48.6 Å². The van der Waals surface area contributed by atoms with Gasteiger partial charge in [-0.15, -0.1) is 0 Å². The van der Waals surface area contributed by atoms with Crippen LogP contribution in [0.2, 0.25) is 0 Å². The van der Waals surface area contributed by atoms with Crippen molar-refractivity contribution in [2.75, 3.05) is 13.2 Å². The van der Waals surface area contributed by atoms with Crippen LogP contribution in [0.25, 0.3) is 0 Å². The van der Waals surface area contributed by atoms with Gasteiger partial charge in [-0.2, -0.15) is 0 Å². The van der Waals surface area contributed by atoms with Crippen molar-refractivity contribution in [2.24, 2.45) is 0 Å². The molecule has 0 fully saturated rings. The second-order valence-corrected chi connectivity index (χ2v) is 13.3. The lowest BCUT2D eigenvalue weighted by molar-refractivity contribution is -0.161. The standard InChI is InChI=1S/C43H76O5/c1-3-5-7-9-11-13-15-17-19-20-21-22-24-26-28-30-32-34-36-38-43(46)48-41(39-44)40-47-42(45)37-35-33-31-29-27-25-23-18-16-14-12-10-8-6-4-2/h6,8,12,14,17-19,23,41,44H,3-5,7,9-11,13,15-16,20-22,24-40H2,1-2H3/t41-/m0/s1. The Morgan fingerprint density at radius 3 is 1.38 bits per heavy atom. The summed E-state index contributed by atoms with van der Waals surface area (Å²) in [5.41, 5.74) is 0. The molecule has 0 bridgehead atoms. The molecule has 0 aliphatic heterocycles. The smallest absolute Gasteiger partial charge is 0.306 e. The average molecular weight is 673 g/mol. The van der Waals surface area contributed by atoms with Crippen molar-refractivity contribution in [3.8, 4) is 0 Å². The molecule has 0 aromatic carbocycles. The van der Waals surface area contributed by atoms with E-state index in [0.717, 1.165) is 70.6 Å². The van der Waals surface area contributed by atoms with E-state index >= 15 is 0 Å². The maximum Gasteiger partial charge on any atom is 0.306 e. The molecule has 5 nitrogen and oxygen atoms in total. The van der Waals surface area contributed by atoms with Crippen molar-refractivity contribution in [1.29, 1.82) is 0 Å². The minimum Gasteiger partial charge on any atom is -0.462 e. The van der Waals surface area contributed by atoms with Gasteiger partial charge in [0.05, 0.1) is 6.61 Å². The fourth-order valence-electron chi connectivity index (χ4n) is 5.56. The molecule has 0 rings (SSSR count). The first-order chi connectivity index (χ1) is 23.6. The molecule has 0 radical (unpaired) electrons. The molecule has 5 heteroatoms. The summed E-state index contributed by atoms with van der Waals surface area (Å²) in [6.45, 7) is 4.01. The molecule has 0 heterocycles. The average Bonchev–Trinajstić information content (AvgIpc) is 3.09. The molecule has 0 amide bonds. The number of aliphatic hydroxyl groups is 1. The van der Waals surface area contributed by atoms with Crippen LogP contribution in [-0.2, 0) is 19.1 Å². The zero-order valence-electron chi connectivity index (χ0n) is 31.5. The van der Waals surface area contributed by atoms with Crippen LogP contribution in [0.1, 0.15) is 194 Å². The van der Waals surface area contributed by atoms with Crippen molar-refractivity contribution in [2.45, 2.75) is 200 Å². The number of rotatable bonds is 36. The Morgan fingerprint density at radius 1 is 0.500 bits per heavy atom. The lowest BCUT2D eigenvalue weighted by Gasteiger charge is -2.15. The third-order valence-electron chi connectivity index (χ3n) is 8.61. The number of allylic oxidation sites excluding steroid dienone is 8. The highest BCUT2D eigenvalue weighted by atomic mass is 16.6. The van der Waals surface area contributed by atoms with Crippen molar-refractivity contribution >= 4 is 11.9 Å². The van der Waals surface area contributed by atoms with Crippen LogP contribution in [0.3, 0.4) is 0 Å². The molecule has 278 valence electrons. The molecule has 0 saturated carbocycles. The number of unbranched alkanes of at least 4 members (excludes halogenated alkanes) is 20. The van der Waals surface area contributed by atoms with Crippen molar-refractivity contribution < 1.29 is 24.2 Å². The van der Waals surface area contributed by atoms with E-state index in [1.165, 1.54) is 96.3 Å². The SMILES string of the molecule is CCC=CCC=CCC=CCCCCCCCC(=O)OC[C@H](CO)OC(=O)CCCCCCCCCCCC=CCCCCCCCC. The van der Waals surface area contributed by atoms with Crippen LogP contribution >= 0.6 is 0 Å². The second kappa shape index (κ2) is 39.3. The van der Waals surface area contributed by atoms with Crippen LogP contribution in [0.4, 0.5) is 0 Å². The van der Waals surface area contributed by atoms with Crippen LogP contribution in [0.15, 0.2) is 48.6 Å². The predicted octanol–water partition coefficient (Wildman–Crippen LogP) is 12.6. The molecule has 0 unspecified atom stereocenters. The third kappa shape index (κ3) is 36.7. The summed E-state index contributed by atoms with van der Waals surface area (Å²) < 4.78 is 10.6. The molecule has 1 N–H and O–H groups in total. The number of carbonyl (C=O) groups excluding carboxylic acids is 2. The largest absolute Gasteiger partial charge is 0.462 e. The molecule has 0 aliphatic carbocycles. The Bertz CT molecular complexity index is 812. The normalized spacial score (nSPS) is 12.6. The summed E-state index contributed by atoms with van der Waals surface area (Å²) in [4.78, 5) is 24.3. The summed E-state index contributed by atoms with van der Waals surface area (Å²) in [6, 6.07) is 0. The fourth-order valence-corrected chi connectivity index (χ4v) is 5.56. The van der Waals surface area contributed by atoms with Gasteiger partial charge in [0.25, 0.3) is 0 Å². The number of carbonyl (C=O) groups is 2. The van der Waals surface area contributed by atoms with Crippen LogP contribution < -0.4 is 0 Å². The second-order valence-electron chi connectivity index (χ2n) is 13.3. The topological polar surface area (TPSA) is 72.8 Å². The number of esters is 2. The molecule has 48 heavy (non-hydrogen) atoms. The molecule has 0 saturated heterocycles. The summed E-state index contributed by atoms with van der Waals surface area (Å²) in [7, 11) is 0. The van der Waals surface area contributed by atoms with E-state index in [0.29, 0.717) is 12.8 Å². The fraction of sp³-hybridized carbons (Fsp3) is 0.767. The van der Waals surface area contributed by atoms with Crippen LogP contribution in [0, 0.1) is 0 Å². The summed E-state index contributed by atoms with van der Waals surface area (Å²) in [5.74, 6) is -0.612. The Hall–Kier alpha value is -2.14. The van der Waals surface area contributed by atoms with Gasteiger partial charge in [-0.25, -0.2) is 0 Å². The van der Waals surface area contributed by atoms with E-state index in [9.17, 15) is 14.7 Å². The van der Waals surface area contributed by atoms with Crippen LogP contribution in [-0.4, -0.2) is 36.4 Å². The molecular formula is C43H76O5. The van der Waals surface area contributed by atoms with Gasteiger partial charge in [-0.3, -0.25) is 9.59 Å². The number of ether oxygens (including phenoxy) is 2. The minimum absolute atomic E-state index is 0.0759. The van der Waals surface area contributed by atoms with E-state index in [1.54, 1.807) is 0 Å². The monoisotopic (exact) mass is 673 g/mol. The zero-order chi connectivity index (χ0) is 35.0. The van der Waals surface area contributed by atoms with Crippen LogP contribution in [0.5, 0.6) is 0 Å². The predicted molar refractivity (Wildman–Crippen MR) is 205 cm³/mol. The summed E-state index contributed by atoms with van der Waals surface area (Å²) >= 11 is 0. The summed E-state index contributed by atoms with van der Waals surface area (Å²) in [6.07, 6.45) is 48.9. The molecule has 0 spiro atoms. The Labute approximate surface area is 297 Å². The highest BCUT2D eigenvalue weighted by Crippen LogP contribution is 2.13. The summed E-state index contributed by atoms with van der Waals surface area (Å²) in [5, 5.41) is 9.56. The van der Waals surface area contributed by atoms with Gasteiger partial charge in [-0.1, -0.05) is 159 Å². The van der Waals surface area contributed by atoms with Crippen molar-refractivity contribution in [1.82, 2.24) is 0 Å². The van der Waals surface area contributed by atoms with Gasteiger partial charge >= 0.3 is 11.9 Å². The highest BCUT2D eigenvalue weighted by molar-refractivity contribution is 5.70. The quantitative estimate of drug-likeness (QED) is 0.0407. The minimum atomic E-state index is -0.779. The van der Waals surface area contributed by atoms with Gasteiger partial charge in [0, 0.05) is 12.8 Å². The first kappa shape index (κ1) is 45.9. The number of hydrogen-bond acceptors (Lipinski definition) is 5. The maximum absolute atomic E-state index is 12.2. The zero-order valence-corrected chi connectivity index (χ0v) is 31.5. The first-order valence-electron chi connectivity index (χ1n) is 20.2. The third-order valence-corrected chi connectivity index (χ3v) is 8.61. The van der Waals surface area contributed by atoms with E-state index in [2.05, 4.69) is 62.5 Å².